The number of halogens is 2. The summed E-state index contributed by atoms with van der Waals surface area (Å²) in [7, 11) is 0. The van der Waals surface area contributed by atoms with E-state index >= 15 is 4.39 Å². The van der Waals surface area contributed by atoms with Crippen LogP contribution in [0.4, 0.5) is 25.8 Å². The van der Waals surface area contributed by atoms with Crippen LogP contribution in [-0.4, -0.2) is 27.4 Å². The highest BCUT2D eigenvalue weighted by atomic mass is 19.1. The molecule has 43 heavy (non-hydrogen) atoms. The fraction of sp³-hybridized carbons (Fsp3) is 0.235. The second-order valence-electron chi connectivity index (χ2n) is 11.1. The average molecular weight is 577 g/mol. The Bertz CT molecular complexity index is 1780. The van der Waals surface area contributed by atoms with Gasteiger partial charge in [-0.2, -0.15) is 0 Å². The summed E-state index contributed by atoms with van der Waals surface area (Å²) in [5.74, 6) is -0.772. The van der Waals surface area contributed by atoms with E-state index in [2.05, 4.69) is 30.9 Å². The maximum Gasteiger partial charge on any atom is 0.227 e. The van der Waals surface area contributed by atoms with Crippen molar-refractivity contribution in [2.45, 2.75) is 38.5 Å². The van der Waals surface area contributed by atoms with Crippen LogP contribution in [0.1, 0.15) is 43.2 Å². The number of benzene rings is 1. The predicted molar refractivity (Wildman–Crippen MR) is 164 cm³/mol. The Hall–Kier alpha value is -4.92. The van der Waals surface area contributed by atoms with E-state index in [4.69, 9.17) is 0 Å². The lowest BCUT2D eigenvalue weighted by atomic mass is 9.93. The van der Waals surface area contributed by atoms with Gasteiger partial charge in [-0.3, -0.25) is 19.7 Å². The lowest BCUT2D eigenvalue weighted by Crippen LogP contribution is -2.20. The van der Waals surface area contributed by atoms with Crippen LogP contribution in [0.25, 0.3) is 28.1 Å². The molecule has 9 heteroatoms. The number of aromatic nitrogens is 3. The van der Waals surface area contributed by atoms with Crippen molar-refractivity contribution in [2.24, 2.45) is 5.92 Å². The topological polar surface area (TPSA) is 91.8 Å². The summed E-state index contributed by atoms with van der Waals surface area (Å²) < 4.78 is 30.1. The van der Waals surface area contributed by atoms with Crippen LogP contribution in [0.15, 0.2) is 79.0 Å². The first-order valence-electron chi connectivity index (χ1n) is 14.7. The van der Waals surface area contributed by atoms with Crippen molar-refractivity contribution in [3.63, 3.8) is 0 Å². The van der Waals surface area contributed by atoms with Crippen molar-refractivity contribution < 1.29 is 13.6 Å². The standard InChI is InChI=1S/C34H30F2N6O/c35-23-9-7-20(8-10-23)32-26-11-12-27(42-28(26)13-15-39-32)25-6-3-14-38-29-19-40-33(31(36)30(25)29)22-16-24(18-37-17-22)41-34(43)21-4-1-2-5-21/h6-10,12-13,15-19,21,38,42H,1-5,11,14H2,(H,41,43). The molecular formula is C34H30F2N6O. The summed E-state index contributed by atoms with van der Waals surface area (Å²) in [5, 5.41) is 9.78. The molecule has 1 fully saturated rings. The van der Waals surface area contributed by atoms with Gasteiger partial charge in [0, 0.05) is 64.1 Å². The third kappa shape index (κ3) is 5.27. The molecule has 216 valence electrons. The molecule has 1 aromatic carbocycles. The Labute approximate surface area is 248 Å². The molecule has 1 saturated carbocycles. The number of fused-ring (bicyclic) bond motifs is 2. The summed E-state index contributed by atoms with van der Waals surface area (Å²) in [4.78, 5) is 26.0. The SMILES string of the molecule is O=C(Nc1cncc(-c2ncc3c(c2F)C(C2=CCc4c(ccnc4-c4ccc(F)cc4)N2)=CCCN3)c1)C1CCCC1. The number of nitrogens with one attached hydrogen (secondary N) is 3. The quantitative estimate of drug-likeness (QED) is 0.230. The lowest BCUT2D eigenvalue weighted by Gasteiger charge is -2.24. The van der Waals surface area contributed by atoms with E-state index < -0.39 is 5.82 Å². The molecule has 0 bridgehead atoms. The highest BCUT2D eigenvalue weighted by Crippen LogP contribution is 2.41. The highest BCUT2D eigenvalue weighted by Gasteiger charge is 2.27. The molecule has 3 N–H and O–H groups in total. The molecule has 1 aliphatic carbocycles. The number of hydrogen-bond acceptors (Lipinski definition) is 6. The maximum absolute atomic E-state index is 16.5. The summed E-state index contributed by atoms with van der Waals surface area (Å²) in [6, 6.07) is 9.93. The zero-order valence-electron chi connectivity index (χ0n) is 23.5. The summed E-state index contributed by atoms with van der Waals surface area (Å²) in [6.45, 7) is 0.643. The Morgan fingerprint density at radius 2 is 1.74 bits per heavy atom. The van der Waals surface area contributed by atoms with Gasteiger partial charge in [-0.15, -0.1) is 0 Å². The fourth-order valence-corrected chi connectivity index (χ4v) is 6.18. The first kappa shape index (κ1) is 26.9. The third-order valence-electron chi connectivity index (χ3n) is 8.35. The van der Waals surface area contributed by atoms with Gasteiger partial charge < -0.3 is 16.0 Å². The summed E-state index contributed by atoms with van der Waals surface area (Å²) in [6.07, 6.45) is 15.8. The Balaban J connectivity index is 1.21. The van der Waals surface area contributed by atoms with E-state index in [0.29, 0.717) is 41.9 Å². The zero-order chi connectivity index (χ0) is 29.3. The maximum atomic E-state index is 16.5. The van der Waals surface area contributed by atoms with Gasteiger partial charge in [0.1, 0.15) is 11.5 Å². The highest BCUT2D eigenvalue weighted by molar-refractivity contribution is 5.94. The molecule has 5 heterocycles. The normalized spacial score (nSPS) is 16.1. The van der Waals surface area contributed by atoms with Crippen LogP contribution in [0.5, 0.6) is 0 Å². The molecule has 2 aliphatic heterocycles. The van der Waals surface area contributed by atoms with Crippen molar-refractivity contribution >= 4 is 28.5 Å². The zero-order valence-corrected chi connectivity index (χ0v) is 23.5. The van der Waals surface area contributed by atoms with E-state index in [-0.39, 0.29) is 23.3 Å². The molecular weight excluding hydrogens is 546 g/mol. The third-order valence-corrected chi connectivity index (χ3v) is 8.35. The molecule has 4 aromatic rings. The van der Waals surface area contributed by atoms with Crippen LogP contribution < -0.4 is 16.0 Å². The second-order valence-corrected chi connectivity index (χ2v) is 11.1. The van der Waals surface area contributed by atoms with Crippen molar-refractivity contribution in [2.75, 3.05) is 22.5 Å². The van der Waals surface area contributed by atoms with E-state index in [1.807, 2.05) is 18.2 Å². The fourth-order valence-electron chi connectivity index (χ4n) is 6.18. The van der Waals surface area contributed by atoms with Crippen molar-refractivity contribution in [3.05, 3.63) is 102 Å². The van der Waals surface area contributed by atoms with Crippen LogP contribution in [0.2, 0.25) is 0 Å². The van der Waals surface area contributed by atoms with Crippen molar-refractivity contribution in [3.8, 4) is 22.5 Å². The minimum absolute atomic E-state index is 0.00808. The minimum atomic E-state index is -0.463. The summed E-state index contributed by atoms with van der Waals surface area (Å²) >= 11 is 0. The molecule has 0 atom stereocenters. The van der Waals surface area contributed by atoms with Crippen LogP contribution in [-0.2, 0) is 11.2 Å². The molecule has 0 spiro atoms. The molecule has 0 radical (unpaired) electrons. The molecule has 0 unspecified atom stereocenters. The van der Waals surface area contributed by atoms with Gasteiger partial charge in [0.05, 0.1) is 29.5 Å². The van der Waals surface area contributed by atoms with Gasteiger partial charge in [0.15, 0.2) is 5.82 Å². The van der Waals surface area contributed by atoms with Crippen LogP contribution in [0, 0.1) is 17.6 Å². The van der Waals surface area contributed by atoms with E-state index in [1.165, 1.54) is 12.1 Å². The van der Waals surface area contributed by atoms with Crippen LogP contribution in [0.3, 0.4) is 0 Å². The predicted octanol–water partition coefficient (Wildman–Crippen LogP) is 7.36. The van der Waals surface area contributed by atoms with Crippen LogP contribution >= 0.6 is 0 Å². The Morgan fingerprint density at radius 3 is 2.58 bits per heavy atom. The number of anilines is 3. The second kappa shape index (κ2) is 11.4. The Kier molecular flexibility index (Phi) is 7.14. The number of pyridine rings is 3. The average Bonchev–Trinajstić information content (AvgIpc) is 3.49. The van der Waals surface area contributed by atoms with Gasteiger partial charge in [-0.05, 0) is 62.1 Å². The van der Waals surface area contributed by atoms with Gasteiger partial charge >= 0.3 is 0 Å². The molecule has 3 aromatic heterocycles. The number of nitrogens with zero attached hydrogens (tertiary/aromatic N) is 3. The van der Waals surface area contributed by atoms with E-state index in [1.54, 1.807) is 43.0 Å². The number of allylic oxidation sites excluding steroid dienone is 2. The van der Waals surface area contributed by atoms with Crippen molar-refractivity contribution in [1.29, 1.82) is 0 Å². The summed E-state index contributed by atoms with van der Waals surface area (Å²) in [5.41, 5.74) is 7.22. The van der Waals surface area contributed by atoms with Gasteiger partial charge in [-0.1, -0.05) is 25.0 Å². The van der Waals surface area contributed by atoms with Gasteiger partial charge in [0.2, 0.25) is 5.91 Å². The largest absolute Gasteiger partial charge is 0.383 e. The minimum Gasteiger partial charge on any atom is -0.383 e. The monoisotopic (exact) mass is 576 g/mol. The number of amides is 1. The first-order chi connectivity index (χ1) is 21.0. The molecule has 7 nitrogen and oxygen atoms in total. The van der Waals surface area contributed by atoms with Gasteiger partial charge in [0.25, 0.3) is 0 Å². The molecule has 1 amide bonds. The lowest BCUT2D eigenvalue weighted by molar-refractivity contribution is -0.119. The van der Waals surface area contributed by atoms with Crippen molar-refractivity contribution in [1.82, 2.24) is 15.0 Å². The number of carbonyl (C=O) groups excluding carboxylic acids is 1. The smallest absolute Gasteiger partial charge is 0.227 e. The van der Waals surface area contributed by atoms with Gasteiger partial charge in [-0.25, -0.2) is 8.78 Å². The van der Waals surface area contributed by atoms with E-state index in [9.17, 15) is 9.18 Å². The molecule has 3 aliphatic rings. The van der Waals surface area contributed by atoms with E-state index in [0.717, 1.165) is 59.5 Å². The number of rotatable bonds is 5. The number of hydrogen-bond donors (Lipinski definition) is 3. The Morgan fingerprint density at radius 1 is 0.907 bits per heavy atom. The first-order valence-corrected chi connectivity index (χ1v) is 14.7. The molecule has 0 saturated heterocycles. The molecule has 7 rings (SSSR count). The number of carbonyl (C=O) groups is 1.